The smallest absolute Gasteiger partial charge is 0.320 e. The van der Waals surface area contributed by atoms with Gasteiger partial charge >= 0.3 is 5.97 Å². The Bertz CT molecular complexity index is 567. The molecule has 0 bridgehead atoms. The minimum Gasteiger partial charge on any atom is -0.459 e. The summed E-state index contributed by atoms with van der Waals surface area (Å²) in [5, 5.41) is 4.27. The van der Waals surface area contributed by atoms with E-state index in [-0.39, 0.29) is 12.5 Å². The standard InChI is InChI=1S/C15H20N2O2/c1-15(2,3)19-14(18)10-16-9-11-4-5-13-12(8-11)6-7-17-13/h4-8,16-17H,9-10H2,1-3H3. The summed E-state index contributed by atoms with van der Waals surface area (Å²) in [6.07, 6.45) is 1.92. The number of carbonyl (C=O) groups excluding carboxylic acids is 1. The largest absolute Gasteiger partial charge is 0.459 e. The van der Waals surface area contributed by atoms with Crippen LogP contribution in [0.1, 0.15) is 26.3 Å². The summed E-state index contributed by atoms with van der Waals surface area (Å²) in [6.45, 7) is 6.48. The molecule has 0 radical (unpaired) electrons. The number of esters is 1. The van der Waals surface area contributed by atoms with E-state index in [0.29, 0.717) is 6.54 Å². The lowest BCUT2D eigenvalue weighted by Gasteiger charge is -2.19. The molecular formula is C15H20N2O2. The van der Waals surface area contributed by atoms with Crippen molar-refractivity contribution in [1.29, 1.82) is 0 Å². The van der Waals surface area contributed by atoms with Crippen LogP contribution < -0.4 is 5.32 Å². The van der Waals surface area contributed by atoms with Crippen LogP contribution in [0.3, 0.4) is 0 Å². The first-order valence-electron chi connectivity index (χ1n) is 6.43. The molecule has 1 heterocycles. The summed E-state index contributed by atoms with van der Waals surface area (Å²) >= 11 is 0. The van der Waals surface area contributed by atoms with Gasteiger partial charge in [-0.05, 0) is 49.9 Å². The third-order valence-corrected chi connectivity index (χ3v) is 2.64. The summed E-state index contributed by atoms with van der Waals surface area (Å²) in [6, 6.07) is 8.22. The number of hydrogen-bond acceptors (Lipinski definition) is 3. The molecule has 0 spiro atoms. The van der Waals surface area contributed by atoms with Gasteiger partial charge in [0.1, 0.15) is 5.60 Å². The van der Waals surface area contributed by atoms with Crippen molar-refractivity contribution in [2.24, 2.45) is 0 Å². The van der Waals surface area contributed by atoms with Crippen molar-refractivity contribution < 1.29 is 9.53 Å². The van der Waals surface area contributed by atoms with Crippen LogP contribution in [0.4, 0.5) is 0 Å². The Kier molecular flexibility index (Phi) is 3.90. The zero-order valence-corrected chi connectivity index (χ0v) is 11.6. The van der Waals surface area contributed by atoms with Gasteiger partial charge in [0.25, 0.3) is 0 Å². The van der Waals surface area contributed by atoms with E-state index in [1.807, 2.05) is 45.2 Å². The number of ether oxygens (including phenoxy) is 1. The predicted octanol–water partition coefficient (Wildman–Crippen LogP) is 2.60. The zero-order valence-electron chi connectivity index (χ0n) is 11.6. The van der Waals surface area contributed by atoms with E-state index in [0.717, 1.165) is 11.1 Å². The molecule has 1 aromatic heterocycles. The molecule has 2 N–H and O–H groups in total. The van der Waals surface area contributed by atoms with Crippen LogP contribution in [-0.2, 0) is 16.1 Å². The second-order valence-corrected chi connectivity index (χ2v) is 5.59. The van der Waals surface area contributed by atoms with Gasteiger partial charge in [0.2, 0.25) is 0 Å². The van der Waals surface area contributed by atoms with Gasteiger partial charge in [-0.1, -0.05) is 6.07 Å². The van der Waals surface area contributed by atoms with Crippen LogP contribution in [0.15, 0.2) is 30.5 Å². The highest BCUT2D eigenvalue weighted by Crippen LogP contribution is 2.14. The Balaban J connectivity index is 1.83. The van der Waals surface area contributed by atoms with Crippen molar-refractivity contribution in [3.63, 3.8) is 0 Å². The highest BCUT2D eigenvalue weighted by molar-refractivity contribution is 5.79. The van der Waals surface area contributed by atoms with Crippen LogP contribution >= 0.6 is 0 Å². The molecule has 4 nitrogen and oxygen atoms in total. The number of aromatic amines is 1. The fraction of sp³-hybridized carbons (Fsp3) is 0.400. The van der Waals surface area contributed by atoms with Gasteiger partial charge in [-0.25, -0.2) is 0 Å². The number of nitrogens with one attached hydrogen (secondary N) is 2. The van der Waals surface area contributed by atoms with Crippen molar-refractivity contribution >= 4 is 16.9 Å². The van der Waals surface area contributed by atoms with Gasteiger partial charge < -0.3 is 15.0 Å². The summed E-state index contributed by atoms with van der Waals surface area (Å²) in [7, 11) is 0. The average Bonchev–Trinajstić information content (AvgIpc) is 2.73. The molecule has 0 aliphatic heterocycles. The Hall–Kier alpha value is -1.81. The molecule has 0 amide bonds. The van der Waals surface area contributed by atoms with Crippen LogP contribution in [-0.4, -0.2) is 23.1 Å². The Labute approximate surface area is 113 Å². The number of carbonyl (C=O) groups is 1. The van der Waals surface area contributed by atoms with Gasteiger partial charge in [-0.15, -0.1) is 0 Å². The van der Waals surface area contributed by atoms with Gasteiger partial charge in [0.05, 0.1) is 6.54 Å². The maximum atomic E-state index is 11.5. The molecule has 0 unspecified atom stereocenters. The van der Waals surface area contributed by atoms with Crippen LogP contribution in [0, 0.1) is 0 Å². The second kappa shape index (κ2) is 5.45. The number of hydrogen-bond donors (Lipinski definition) is 2. The average molecular weight is 260 g/mol. The molecule has 0 fully saturated rings. The normalized spacial score (nSPS) is 11.7. The Morgan fingerprint density at radius 2 is 2.11 bits per heavy atom. The Morgan fingerprint density at radius 1 is 1.32 bits per heavy atom. The third kappa shape index (κ3) is 4.10. The van der Waals surface area contributed by atoms with E-state index in [1.165, 1.54) is 5.39 Å². The molecule has 1 aromatic carbocycles. The van der Waals surface area contributed by atoms with E-state index in [2.05, 4.69) is 16.4 Å². The van der Waals surface area contributed by atoms with E-state index in [1.54, 1.807) is 0 Å². The highest BCUT2D eigenvalue weighted by Gasteiger charge is 2.15. The van der Waals surface area contributed by atoms with Crippen LogP contribution in [0.25, 0.3) is 10.9 Å². The molecule has 0 aliphatic carbocycles. The molecule has 102 valence electrons. The fourth-order valence-corrected chi connectivity index (χ4v) is 1.90. The lowest BCUT2D eigenvalue weighted by Crippen LogP contribution is -2.31. The maximum absolute atomic E-state index is 11.5. The van der Waals surface area contributed by atoms with E-state index < -0.39 is 5.60 Å². The van der Waals surface area contributed by atoms with Crippen LogP contribution in [0.5, 0.6) is 0 Å². The van der Waals surface area contributed by atoms with Crippen molar-refractivity contribution in [2.45, 2.75) is 32.9 Å². The molecule has 2 rings (SSSR count). The quantitative estimate of drug-likeness (QED) is 0.831. The molecule has 0 saturated carbocycles. The summed E-state index contributed by atoms with van der Waals surface area (Å²) < 4.78 is 5.23. The zero-order chi connectivity index (χ0) is 13.9. The monoisotopic (exact) mass is 260 g/mol. The lowest BCUT2D eigenvalue weighted by molar-refractivity contribution is -0.153. The van der Waals surface area contributed by atoms with Gasteiger partial charge in [-0.2, -0.15) is 0 Å². The van der Waals surface area contributed by atoms with Crippen molar-refractivity contribution in [3.8, 4) is 0 Å². The van der Waals surface area contributed by atoms with Gasteiger partial charge in [0, 0.05) is 18.3 Å². The molecule has 2 aromatic rings. The molecule has 4 heteroatoms. The van der Waals surface area contributed by atoms with Gasteiger partial charge in [0.15, 0.2) is 0 Å². The SMILES string of the molecule is CC(C)(C)OC(=O)CNCc1ccc2[nH]ccc2c1. The molecule has 0 atom stereocenters. The van der Waals surface area contributed by atoms with Crippen molar-refractivity contribution in [2.75, 3.05) is 6.54 Å². The summed E-state index contributed by atoms with van der Waals surface area (Å²) in [5.74, 6) is -0.227. The first kappa shape index (κ1) is 13.6. The minimum atomic E-state index is -0.428. The molecule has 19 heavy (non-hydrogen) atoms. The summed E-state index contributed by atoms with van der Waals surface area (Å²) in [4.78, 5) is 14.7. The molecule has 0 aliphatic rings. The first-order valence-corrected chi connectivity index (χ1v) is 6.43. The minimum absolute atomic E-state index is 0.225. The topological polar surface area (TPSA) is 54.1 Å². The predicted molar refractivity (Wildman–Crippen MR) is 75.9 cm³/mol. The number of fused-ring (bicyclic) bond motifs is 1. The van der Waals surface area contributed by atoms with E-state index in [9.17, 15) is 4.79 Å². The van der Waals surface area contributed by atoms with Crippen molar-refractivity contribution in [3.05, 3.63) is 36.0 Å². The highest BCUT2D eigenvalue weighted by atomic mass is 16.6. The third-order valence-electron chi connectivity index (χ3n) is 2.64. The van der Waals surface area contributed by atoms with Crippen molar-refractivity contribution in [1.82, 2.24) is 10.3 Å². The second-order valence-electron chi connectivity index (χ2n) is 5.59. The van der Waals surface area contributed by atoms with Crippen LogP contribution in [0.2, 0.25) is 0 Å². The number of benzene rings is 1. The van der Waals surface area contributed by atoms with E-state index >= 15 is 0 Å². The number of H-pyrrole nitrogens is 1. The fourth-order valence-electron chi connectivity index (χ4n) is 1.90. The molecule has 0 saturated heterocycles. The Morgan fingerprint density at radius 3 is 2.84 bits per heavy atom. The first-order chi connectivity index (χ1) is 8.94. The molecular weight excluding hydrogens is 240 g/mol. The van der Waals surface area contributed by atoms with E-state index in [4.69, 9.17) is 4.74 Å². The number of aromatic nitrogens is 1. The maximum Gasteiger partial charge on any atom is 0.320 e. The van der Waals surface area contributed by atoms with Gasteiger partial charge in [-0.3, -0.25) is 4.79 Å². The summed E-state index contributed by atoms with van der Waals surface area (Å²) in [5.41, 5.74) is 1.84. The number of rotatable bonds is 4. The lowest BCUT2D eigenvalue weighted by atomic mass is 10.1.